The highest BCUT2D eigenvalue weighted by Gasteiger charge is 2.06. The van der Waals surface area contributed by atoms with Crippen LogP contribution in [0.25, 0.3) is 0 Å². The number of hydrogen-bond acceptors (Lipinski definition) is 3. The summed E-state index contributed by atoms with van der Waals surface area (Å²) in [6.07, 6.45) is 2.11. The molecule has 0 aliphatic heterocycles. The quantitative estimate of drug-likeness (QED) is 0.823. The summed E-state index contributed by atoms with van der Waals surface area (Å²) in [7, 11) is 1.65. The normalized spacial score (nSPS) is 10.4. The zero-order valence-corrected chi connectivity index (χ0v) is 13.6. The molecule has 0 saturated carbocycles. The van der Waals surface area contributed by atoms with Crippen LogP contribution in [0.2, 0.25) is 0 Å². The van der Waals surface area contributed by atoms with Gasteiger partial charge in [0.25, 0.3) is 0 Å². The lowest BCUT2D eigenvalue weighted by Gasteiger charge is -2.10. The van der Waals surface area contributed by atoms with Gasteiger partial charge in [-0.15, -0.1) is 0 Å². The first-order valence-electron chi connectivity index (χ1n) is 7.75. The van der Waals surface area contributed by atoms with E-state index in [1.165, 1.54) is 5.56 Å². The maximum atomic E-state index is 12.1. The van der Waals surface area contributed by atoms with E-state index >= 15 is 0 Å². The first-order chi connectivity index (χ1) is 11.1. The number of methoxy groups -OCH3 is 1. The fourth-order valence-corrected chi connectivity index (χ4v) is 2.36. The summed E-state index contributed by atoms with van der Waals surface area (Å²) >= 11 is 0. The molecule has 4 heteroatoms. The smallest absolute Gasteiger partial charge is 0.224 e. The first kappa shape index (κ1) is 17.0. The van der Waals surface area contributed by atoms with Gasteiger partial charge in [0, 0.05) is 12.1 Å². The molecule has 0 unspecified atom stereocenters. The van der Waals surface area contributed by atoms with Crippen molar-refractivity contribution in [3.8, 4) is 5.75 Å². The van der Waals surface area contributed by atoms with Gasteiger partial charge < -0.3 is 15.2 Å². The Bertz CT molecular complexity index is 650. The van der Waals surface area contributed by atoms with Crippen LogP contribution < -0.4 is 10.1 Å². The largest absolute Gasteiger partial charge is 0.497 e. The van der Waals surface area contributed by atoms with Crippen molar-refractivity contribution >= 4 is 11.6 Å². The van der Waals surface area contributed by atoms with Crippen molar-refractivity contribution < 1.29 is 14.6 Å². The van der Waals surface area contributed by atoms with Crippen LogP contribution in [0.3, 0.4) is 0 Å². The van der Waals surface area contributed by atoms with Gasteiger partial charge in [-0.2, -0.15) is 0 Å². The van der Waals surface area contributed by atoms with E-state index in [4.69, 9.17) is 4.74 Å². The van der Waals surface area contributed by atoms with Crippen molar-refractivity contribution in [2.45, 2.75) is 32.8 Å². The fourth-order valence-electron chi connectivity index (χ4n) is 2.36. The Labute approximate surface area is 137 Å². The molecular formula is C19H23NO3. The number of anilines is 1. The Morgan fingerprint density at radius 1 is 1.13 bits per heavy atom. The summed E-state index contributed by atoms with van der Waals surface area (Å²) in [5, 5.41) is 12.1. The second-order valence-electron chi connectivity index (χ2n) is 5.56. The van der Waals surface area contributed by atoms with E-state index in [0.29, 0.717) is 6.42 Å². The molecule has 0 aliphatic rings. The van der Waals surface area contributed by atoms with E-state index in [9.17, 15) is 9.90 Å². The zero-order chi connectivity index (χ0) is 16.7. The molecule has 0 radical (unpaired) electrons. The predicted octanol–water partition coefficient (Wildman–Crippen LogP) is 3.46. The number of rotatable bonds is 7. The molecular weight excluding hydrogens is 290 g/mol. The third kappa shape index (κ3) is 5.11. The van der Waals surface area contributed by atoms with Crippen LogP contribution in [0.5, 0.6) is 5.75 Å². The fraction of sp³-hybridized carbons (Fsp3) is 0.316. The summed E-state index contributed by atoms with van der Waals surface area (Å²) in [6, 6.07) is 13.5. The molecule has 2 rings (SSSR count). The van der Waals surface area contributed by atoms with Gasteiger partial charge in [-0.3, -0.25) is 4.79 Å². The monoisotopic (exact) mass is 313 g/mol. The van der Waals surface area contributed by atoms with Crippen LogP contribution in [0.4, 0.5) is 5.69 Å². The van der Waals surface area contributed by atoms with Crippen molar-refractivity contribution in [2.75, 3.05) is 12.4 Å². The number of ether oxygens (including phenoxy) is 1. The molecule has 0 atom stereocenters. The van der Waals surface area contributed by atoms with Crippen molar-refractivity contribution in [2.24, 2.45) is 0 Å². The highest BCUT2D eigenvalue weighted by molar-refractivity contribution is 5.91. The lowest BCUT2D eigenvalue weighted by atomic mass is 10.1. The summed E-state index contributed by atoms with van der Waals surface area (Å²) in [5.74, 6) is 0.836. The van der Waals surface area contributed by atoms with Crippen molar-refractivity contribution in [1.29, 1.82) is 0 Å². The van der Waals surface area contributed by atoms with Gasteiger partial charge in [0.1, 0.15) is 5.75 Å². The SMILES string of the molecule is COc1ccc(CCCC(=O)Nc2cc(CO)ccc2C)cc1. The van der Waals surface area contributed by atoms with Crippen LogP contribution in [-0.4, -0.2) is 18.1 Å². The highest BCUT2D eigenvalue weighted by atomic mass is 16.5. The summed E-state index contributed by atoms with van der Waals surface area (Å²) < 4.78 is 5.13. The van der Waals surface area contributed by atoms with Gasteiger partial charge in [0.2, 0.25) is 5.91 Å². The molecule has 2 N–H and O–H groups in total. The van der Waals surface area contributed by atoms with Crippen molar-refractivity contribution in [3.05, 3.63) is 59.2 Å². The van der Waals surface area contributed by atoms with E-state index in [2.05, 4.69) is 5.32 Å². The zero-order valence-electron chi connectivity index (χ0n) is 13.6. The van der Waals surface area contributed by atoms with Crippen LogP contribution in [-0.2, 0) is 17.8 Å². The number of amides is 1. The van der Waals surface area contributed by atoms with Crippen LogP contribution in [0.15, 0.2) is 42.5 Å². The van der Waals surface area contributed by atoms with Gasteiger partial charge in [-0.05, 0) is 54.7 Å². The van der Waals surface area contributed by atoms with Crippen LogP contribution in [0, 0.1) is 6.92 Å². The molecule has 0 fully saturated rings. The average molecular weight is 313 g/mol. The van der Waals surface area contributed by atoms with Gasteiger partial charge >= 0.3 is 0 Å². The van der Waals surface area contributed by atoms with Crippen LogP contribution in [0.1, 0.15) is 29.5 Å². The predicted molar refractivity (Wildman–Crippen MR) is 91.7 cm³/mol. The molecule has 2 aromatic carbocycles. The number of nitrogens with one attached hydrogen (secondary N) is 1. The number of aryl methyl sites for hydroxylation is 2. The molecule has 0 bridgehead atoms. The maximum Gasteiger partial charge on any atom is 0.224 e. The number of aliphatic hydroxyl groups excluding tert-OH is 1. The minimum absolute atomic E-state index is 0.00305. The Kier molecular flexibility index (Phi) is 6.18. The Morgan fingerprint density at radius 2 is 1.83 bits per heavy atom. The molecule has 0 aromatic heterocycles. The van der Waals surface area contributed by atoms with E-state index in [-0.39, 0.29) is 12.5 Å². The first-order valence-corrected chi connectivity index (χ1v) is 7.75. The minimum atomic E-state index is -0.0272. The maximum absolute atomic E-state index is 12.1. The van der Waals surface area contributed by atoms with Gasteiger partial charge in [-0.25, -0.2) is 0 Å². The molecule has 0 saturated heterocycles. The second-order valence-corrected chi connectivity index (χ2v) is 5.56. The third-order valence-corrected chi connectivity index (χ3v) is 3.79. The van der Waals surface area contributed by atoms with Crippen molar-refractivity contribution in [3.63, 3.8) is 0 Å². The summed E-state index contributed by atoms with van der Waals surface area (Å²) in [6.45, 7) is 1.91. The summed E-state index contributed by atoms with van der Waals surface area (Å²) in [4.78, 5) is 12.1. The number of benzene rings is 2. The topological polar surface area (TPSA) is 58.6 Å². The van der Waals surface area contributed by atoms with Gasteiger partial charge in [-0.1, -0.05) is 24.3 Å². The number of carbonyl (C=O) groups excluding carboxylic acids is 1. The molecule has 122 valence electrons. The van der Waals surface area contributed by atoms with Crippen LogP contribution >= 0.6 is 0 Å². The lowest BCUT2D eigenvalue weighted by Crippen LogP contribution is -2.12. The molecule has 23 heavy (non-hydrogen) atoms. The molecule has 0 spiro atoms. The minimum Gasteiger partial charge on any atom is -0.497 e. The van der Waals surface area contributed by atoms with E-state index in [1.807, 2.05) is 49.4 Å². The third-order valence-electron chi connectivity index (χ3n) is 3.79. The van der Waals surface area contributed by atoms with Gasteiger partial charge in [0.15, 0.2) is 0 Å². The second kappa shape index (κ2) is 8.34. The van der Waals surface area contributed by atoms with Gasteiger partial charge in [0.05, 0.1) is 13.7 Å². The molecule has 4 nitrogen and oxygen atoms in total. The van der Waals surface area contributed by atoms with E-state index < -0.39 is 0 Å². The highest BCUT2D eigenvalue weighted by Crippen LogP contribution is 2.18. The molecule has 2 aromatic rings. The number of aliphatic hydroxyl groups is 1. The average Bonchev–Trinajstić information content (AvgIpc) is 2.57. The molecule has 0 aliphatic carbocycles. The van der Waals surface area contributed by atoms with E-state index in [1.54, 1.807) is 7.11 Å². The standard InChI is InChI=1S/C19H23NO3/c1-14-6-7-16(13-21)12-18(14)20-19(22)5-3-4-15-8-10-17(23-2)11-9-15/h6-12,21H,3-5,13H2,1-2H3,(H,20,22). The molecule has 0 heterocycles. The lowest BCUT2D eigenvalue weighted by molar-refractivity contribution is -0.116. The Morgan fingerprint density at radius 3 is 2.48 bits per heavy atom. The van der Waals surface area contributed by atoms with Crippen molar-refractivity contribution in [1.82, 2.24) is 0 Å². The number of carbonyl (C=O) groups is 1. The molecule has 1 amide bonds. The Hall–Kier alpha value is -2.33. The number of hydrogen-bond donors (Lipinski definition) is 2. The summed E-state index contributed by atoms with van der Waals surface area (Å²) in [5.41, 5.74) is 3.75. The van der Waals surface area contributed by atoms with E-state index in [0.717, 1.165) is 35.4 Å². The Balaban J connectivity index is 1.83.